The third kappa shape index (κ3) is 5.84. The van der Waals surface area contributed by atoms with Gasteiger partial charge in [0, 0.05) is 32.0 Å². The van der Waals surface area contributed by atoms with Crippen LogP contribution >= 0.6 is 0 Å². The number of imide groups is 1. The standard InChI is InChI=1S/C27H35N3O2/c1-3-5-6-7-8-12-20-30-26(31)24(23-13-10-9-11-14-23)25(27(30)32)29(4-2)21-17-22-15-18-28-19-16-22/h9-11,13-16,18-19H,3-8,12,17,20-21H2,1-2H3. The molecule has 2 heterocycles. The van der Waals surface area contributed by atoms with Gasteiger partial charge in [0.2, 0.25) is 0 Å². The lowest BCUT2D eigenvalue weighted by molar-refractivity contribution is -0.137. The molecule has 170 valence electrons. The quantitative estimate of drug-likeness (QED) is 0.326. The summed E-state index contributed by atoms with van der Waals surface area (Å²) in [5.41, 5.74) is 3.07. The second-order valence-corrected chi connectivity index (χ2v) is 8.30. The highest BCUT2D eigenvalue weighted by molar-refractivity contribution is 6.35. The van der Waals surface area contributed by atoms with E-state index < -0.39 is 0 Å². The molecule has 0 saturated heterocycles. The van der Waals surface area contributed by atoms with Gasteiger partial charge in [-0.3, -0.25) is 19.5 Å². The van der Waals surface area contributed by atoms with Gasteiger partial charge in [0.05, 0.1) is 5.57 Å². The van der Waals surface area contributed by atoms with Crippen molar-refractivity contribution in [2.75, 3.05) is 19.6 Å². The van der Waals surface area contributed by atoms with E-state index in [0.717, 1.165) is 31.2 Å². The lowest BCUT2D eigenvalue weighted by Crippen LogP contribution is -2.36. The molecule has 0 N–H and O–H groups in total. The smallest absolute Gasteiger partial charge is 0.277 e. The number of carbonyl (C=O) groups is 2. The van der Waals surface area contributed by atoms with E-state index in [9.17, 15) is 9.59 Å². The number of aromatic nitrogens is 1. The van der Waals surface area contributed by atoms with E-state index in [0.29, 0.717) is 30.9 Å². The molecule has 2 aromatic rings. The first-order valence-electron chi connectivity index (χ1n) is 12.0. The molecular weight excluding hydrogens is 398 g/mol. The van der Waals surface area contributed by atoms with E-state index in [-0.39, 0.29) is 11.8 Å². The van der Waals surface area contributed by atoms with Crippen LogP contribution in [0.4, 0.5) is 0 Å². The summed E-state index contributed by atoms with van der Waals surface area (Å²) in [5.74, 6) is -0.314. The summed E-state index contributed by atoms with van der Waals surface area (Å²) >= 11 is 0. The fourth-order valence-corrected chi connectivity index (χ4v) is 4.22. The number of likely N-dealkylation sites (N-methyl/N-ethyl adjacent to an activating group) is 1. The van der Waals surface area contributed by atoms with E-state index >= 15 is 0 Å². The molecular formula is C27H35N3O2. The summed E-state index contributed by atoms with van der Waals surface area (Å²) in [6.45, 7) is 6.08. The van der Waals surface area contributed by atoms with Crippen LogP contribution in [0.5, 0.6) is 0 Å². The number of pyridine rings is 1. The van der Waals surface area contributed by atoms with Crippen molar-refractivity contribution in [3.8, 4) is 0 Å². The molecule has 0 spiro atoms. The predicted molar refractivity (Wildman–Crippen MR) is 129 cm³/mol. The maximum Gasteiger partial charge on any atom is 0.277 e. The molecule has 0 atom stereocenters. The van der Waals surface area contributed by atoms with Crippen molar-refractivity contribution >= 4 is 17.4 Å². The fourth-order valence-electron chi connectivity index (χ4n) is 4.22. The van der Waals surface area contributed by atoms with Crippen molar-refractivity contribution in [2.24, 2.45) is 0 Å². The first-order valence-corrected chi connectivity index (χ1v) is 12.0. The minimum Gasteiger partial charge on any atom is -0.366 e. The predicted octanol–water partition coefficient (Wildman–Crippen LogP) is 5.09. The number of hydrogen-bond acceptors (Lipinski definition) is 4. The monoisotopic (exact) mass is 433 g/mol. The van der Waals surface area contributed by atoms with Crippen molar-refractivity contribution in [3.63, 3.8) is 0 Å². The number of rotatable bonds is 13. The van der Waals surface area contributed by atoms with Gasteiger partial charge < -0.3 is 4.90 Å². The van der Waals surface area contributed by atoms with Gasteiger partial charge in [0.15, 0.2) is 0 Å². The Morgan fingerprint density at radius 3 is 2.22 bits per heavy atom. The van der Waals surface area contributed by atoms with Crippen molar-refractivity contribution in [1.29, 1.82) is 0 Å². The SMILES string of the molecule is CCCCCCCCN1C(=O)C(c2ccccc2)=C(N(CC)CCc2ccncc2)C1=O. The van der Waals surface area contributed by atoms with E-state index in [2.05, 4.69) is 16.8 Å². The van der Waals surface area contributed by atoms with Gasteiger partial charge in [-0.1, -0.05) is 69.4 Å². The second kappa shape index (κ2) is 12.2. The van der Waals surface area contributed by atoms with Gasteiger partial charge in [-0.25, -0.2) is 0 Å². The fraction of sp³-hybridized carbons (Fsp3) is 0.444. The van der Waals surface area contributed by atoms with Gasteiger partial charge in [0.25, 0.3) is 11.8 Å². The third-order valence-corrected chi connectivity index (χ3v) is 6.06. The maximum atomic E-state index is 13.5. The highest BCUT2D eigenvalue weighted by Gasteiger charge is 2.40. The Hall–Kier alpha value is -2.95. The van der Waals surface area contributed by atoms with Crippen molar-refractivity contribution < 1.29 is 9.59 Å². The molecule has 0 radical (unpaired) electrons. The normalized spacial score (nSPS) is 13.9. The Kier molecular flexibility index (Phi) is 9.02. The number of amides is 2. The molecule has 0 aliphatic carbocycles. The number of carbonyl (C=O) groups excluding carboxylic acids is 2. The molecule has 0 unspecified atom stereocenters. The largest absolute Gasteiger partial charge is 0.366 e. The highest BCUT2D eigenvalue weighted by Crippen LogP contribution is 2.32. The minimum atomic E-state index is -0.160. The molecule has 0 fully saturated rings. The van der Waals surface area contributed by atoms with Crippen LogP contribution in [-0.2, 0) is 16.0 Å². The Balaban J connectivity index is 1.79. The molecule has 2 amide bonds. The Morgan fingerprint density at radius 1 is 0.844 bits per heavy atom. The molecule has 3 rings (SSSR count). The van der Waals surface area contributed by atoms with Crippen molar-refractivity contribution in [3.05, 3.63) is 71.7 Å². The third-order valence-electron chi connectivity index (χ3n) is 6.06. The molecule has 1 aliphatic heterocycles. The summed E-state index contributed by atoms with van der Waals surface area (Å²) in [4.78, 5) is 34.5. The molecule has 5 nitrogen and oxygen atoms in total. The van der Waals surface area contributed by atoms with Crippen LogP contribution in [0.2, 0.25) is 0 Å². The average molecular weight is 434 g/mol. The average Bonchev–Trinajstić information content (AvgIpc) is 3.07. The zero-order valence-corrected chi connectivity index (χ0v) is 19.4. The second-order valence-electron chi connectivity index (χ2n) is 8.30. The molecule has 0 bridgehead atoms. The van der Waals surface area contributed by atoms with Crippen LogP contribution in [0, 0.1) is 0 Å². The van der Waals surface area contributed by atoms with Gasteiger partial charge >= 0.3 is 0 Å². The summed E-state index contributed by atoms with van der Waals surface area (Å²) < 4.78 is 0. The molecule has 32 heavy (non-hydrogen) atoms. The van der Waals surface area contributed by atoms with E-state index in [1.54, 1.807) is 12.4 Å². The van der Waals surface area contributed by atoms with Gasteiger partial charge in [-0.15, -0.1) is 0 Å². The van der Waals surface area contributed by atoms with Gasteiger partial charge in [-0.05, 0) is 43.0 Å². The molecule has 1 aliphatic rings. The number of benzene rings is 1. The zero-order valence-electron chi connectivity index (χ0n) is 19.4. The zero-order chi connectivity index (χ0) is 22.8. The minimum absolute atomic E-state index is 0.154. The number of unbranched alkanes of at least 4 members (excludes halogenated alkanes) is 5. The maximum absolute atomic E-state index is 13.5. The van der Waals surface area contributed by atoms with Gasteiger partial charge in [-0.2, -0.15) is 0 Å². The topological polar surface area (TPSA) is 53.5 Å². The van der Waals surface area contributed by atoms with Crippen LogP contribution in [0.15, 0.2) is 60.6 Å². The van der Waals surface area contributed by atoms with E-state index in [1.807, 2.05) is 49.4 Å². The van der Waals surface area contributed by atoms with Crippen molar-refractivity contribution in [1.82, 2.24) is 14.8 Å². The number of hydrogen-bond donors (Lipinski definition) is 0. The van der Waals surface area contributed by atoms with E-state index in [4.69, 9.17) is 0 Å². The molecule has 1 aromatic carbocycles. The van der Waals surface area contributed by atoms with Crippen LogP contribution in [0.1, 0.15) is 63.5 Å². The highest BCUT2D eigenvalue weighted by atomic mass is 16.2. The van der Waals surface area contributed by atoms with Crippen molar-refractivity contribution in [2.45, 2.75) is 58.8 Å². The summed E-state index contributed by atoms with van der Waals surface area (Å²) in [5, 5.41) is 0. The molecule has 5 heteroatoms. The van der Waals surface area contributed by atoms with Gasteiger partial charge in [0.1, 0.15) is 5.70 Å². The molecule has 1 aromatic heterocycles. The van der Waals surface area contributed by atoms with Crippen LogP contribution in [0.25, 0.3) is 5.57 Å². The summed E-state index contributed by atoms with van der Waals surface area (Å²) in [7, 11) is 0. The number of nitrogens with zero attached hydrogens (tertiary/aromatic N) is 3. The first-order chi connectivity index (χ1) is 15.7. The summed E-state index contributed by atoms with van der Waals surface area (Å²) in [6.07, 6.45) is 11.1. The Bertz CT molecular complexity index is 909. The Labute approximate surface area is 192 Å². The summed E-state index contributed by atoms with van der Waals surface area (Å²) in [6, 6.07) is 13.6. The molecule has 0 saturated carbocycles. The van der Waals surface area contributed by atoms with E-state index in [1.165, 1.54) is 29.7 Å². The van der Waals surface area contributed by atoms with Crippen LogP contribution < -0.4 is 0 Å². The van der Waals surface area contributed by atoms with Crippen LogP contribution in [0.3, 0.4) is 0 Å². The first kappa shape index (κ1) is 23.7. The lowest BCUT2D eigenvalue weighted by atomic mass is 10.0. The van der Waals surface area contributed by atoms with Crippen LogP contribution in [-0.4, -0.2) is 46.2 Å². The Morgan fingerprint density at radius 2 is 1.53 bits per heavy atom. The lowest BCUT2D eigenvalue weighted by Gasteiger charge is -2.25.